The summed E-state index contributed by atoms with van der Waals surface area (Å²) in [6.45, 7) is 1.89. The van der Waals surface area contributed by atoms with Crippen molar-refractivity contribution in [1.29, 1.82) is 0 Å². The van der Waals surface area contributed by atoms with Gasteiger partial charge >= 0.3 is 5.97 Å². The molecule has 0 radical (unpaired) electrons. The number of hydrogen-bond donors (Lipinski definition) is 0. The van der Waals surface area contributed by atoms with E-state index < -0.39 is 0 Å². The number of benzene rings is 1. The van der Waals surface area contributed by atoms with Crippen molar-refractivity contribution in [2.24, 2.45) is 5.92 Å². The second-order valence-corrected chi connectivity index (χ2v) is 5.52. The van der Waals surface area contributed by atoms with Crippen molar-refractivity contribution in [3.63, 3.8) is 0 Å². The summed E-state index contributed by atoms with van der Waals surface area (Å²) in [5, 5.41) is 0. The molecule has 0 heterocycles. The molecule has 0 N–H and O–H groups in total. The minimum Gasteiger partial charge on any atom is -0.469 e. The second kappa shape index (κ2) is 6.97. The van der Waals surface area contributed by atoms with Gasteiger partial charge in [0.05, 0.1) is 13.0 Å². The molecule has 1 unspecified atom stereocenters. The number of ether oxygens (including phenoxy) is 1. The lowest BCUT2D eigenvalue weighted by Crippen LogP contribution is -2.14. The molecule has 0 aliphatic rings. The van der Waals surface area contributed by atoms with Gasteiger partial charge in [-0.15, -0.1) is 0 Å². The fourth-order valence-electron chi connectivity index (χ4n) is 1.25. The van der Waals surface area contributed by atoms with Crippen molar-refractivity contribution in [2.45, 2.75) is 12.7 Å². The summed E-state index contributed by atoms with van der Waals surface area (Å²) in [5.41, 5.74) is 1.26. The molecule has 0 spiro atoms. The van der Waals surface area contributed by atoms with Gasteiger partial charge in [-0.2, -0.15) is 11.8 Å². The van der Waals surface area contributed by atoms with Crippen LogP contribution in [0, 0.1) is 5.92 Å². The van der Waals surface area contributed by atoms with E-state index in [1.807, 2.05) is 19.1 Å². The first kappa shape index (κ1) is 13.6. The first-order valence-electron chi connectivity index (χ1n) is 5.03. The van der Waals surface area contributed by atoms with E-state index in [1.165, 1.54) is 12.7 Å². The molecule has 0 amide bonds. The van der Waals surface area contributed by atoms with Crippen LogP contribution < -0.4 is 0 Å². The Morgan fingerprint density at radius 1 is 1.56 bits per heavy atom. The standard InChI is InChI=1S/C12H15BrO2S/c1-9(12(14)15-2)7-16-8-10-4-3-5-11(13)6-10/h3-6,9H,7-8H2,1-2H3. The minimum atomic E-state index is -0.137. The van der Waals surface area contributed by atoms with Crippen molar-refractivity contribution in [3.05, 3.63) is 34.3 Å². The highest BCUT2D eigenvalue weighted by Gasteiger charge is 2.12. The molecule has 88 valence electrons. The van der Waals surface area contributed by atoms with Crippen LogP contribution in [-0.4, -0.2) is 18.8 Å². The molecule has 0 aliphatic carbocycles. The number of esters is 1. The van der Waals surface area contributed by atoms with E-state index in [4.69, 9.17) is 0 Å². The lowest BCUT2D eigenvalue weighted by atomic mass is 10.2. The summed E-state index contributed by atoms with van der Waals surface area (Å²) in [5.74, 6) is 1.53. The van der Waals surface area contributed by atoms with Gasteiger partial charge in [-0.25, -0.2) is 0 Å². The van der Waals surface area contributed by atoms with E-state index in [1.54, 1.807) is 11.8 Å². The Morgan fingerprint density at radius 3 is 2.94 bits per heavy atom. The molecule has 0 saturated carbocycles. The maximum Gasteiger partial charge on any atom is 0.309 e. The molecule has 0 bridgehead atoms. The van der Waals surface area contributed by atoms with E-state index in [0.717, 1.165) is 16.0 Å². The zero-order valence-electron chi connectivity index (χ0n) is 9.40. The van der Waals surface area contributed by atoms with Gasteiger partial charge in [0.1, 0.15) is 0 Å². The van der Waals surface area contributed by atoms with Crippen LogP contribution in [-0.2, 0) is 15.3 Å². The van der Waals surface area contributed by atoms with Crippen LogP contribution in [0.5, 0.6) is 0 Å². The Labute approximate surface area is 109 Å². The van der Waals surface area contributed by atoms with E-state index in [2.05, 4.69) is 32.8 Å². The van der Waals surface area contributed by atoms with Gasteiger partial charge in [-0.3, -0.25) is 4.79 Å². The molecule has 1 aromatic carbocycles. The van der Waals surface area contributed by atoms with Crippen molar-refractivity contribution < 1.29 is 9.53 Å². The van der Waals surface area contributed by atoms with Crippen molar-refractivity contribution in [2.75, 3.05) is 12.9 Å². The van der Waals surface area contributed by atoms with Crippen LogP contribution in [0.3, 0.4) is 0 Å². The Hall–Kier alpha value is -0.480. The Morgan fingerprint density at radius 2 is 2.31 bits per heavy atom. The summed E-state index contributed by atoms with van der Waals surface area (Å²) >= 11 is 5.18. The molecule has 4 heteroatoms. The zero-order chi connectivity index (χ0) is 12.0. The van der Waals surface area contributed by atoms with Gasteiger partial charge in [0.25, 0.3) is 0 Å². The van der Waals surface area contributed by atoms with E-state index in [-0.39, 0.29) is 11.9 Å². The Bertz CT molecular complexity index is 355. The molecule has 0 fully saturated rings. The van der Waals surface area contributed by atoms with E-state index in [0.29, 0.717) is 0 Å². The van der Waals surface area contributed by atoms with Crippen molar-refractivity contribution in [1.82, 2.24) is 0 Å². The summed E-state index contributed by atoms with van der Waals surface area (Å²) in [4.78, 5) is 11.2. The van der Waals surface area contributed by atoms with Crippen LogP contribution in [0.15, 0.2) is 28.7 Å². The van der Waals surface area contributed by atoms with Gasteiger partial charge in [0, 0.05) is 16.0 Å². The lowest BCUT2D eigenvalue weighted by Gasteiger charge is -2.08. The average molecular weight is 303 g/mol. The normalized spacial score (nSPS) is 12.2. The van der Waals surface area contributed by atoms with Gasteiger partial charge in [0.2, 0.25) is 0 Å². The number of carbonyl (C=O) groups is 1. The van der Waals surface area contributed by atoms with Gasteiger partial charge in [-0.1, -0.05) is 35.0 Å². The van der Waals surface area contributed by atoms with Gasteiger partial charge in [-0.05, 0) is 17.7 Å². The molecule has 1 atom stereocenters. The third-order valence-corrected chi connectivity index (χ3v) is 3.90. The molecular formula is C12H15BrO2S. The van der Waals surface area contributed by atoms with Crippen LogP contribution in [0.4, 0.5) is 0 Å². The van der Waals surface area contributed by atoms with Gasteiger partial charge in [0.15, 0.2) is 0 Å². The molecule has 0 saturated heterocycles. The average Bonchev–Trinajstić information content (AvgIpc) is 2.28. The summed E-state index contributed by atoms with van der Waals surface area (Å²) in [6.07, 6.45) is 0. The van der Waals surface area contributed by atoms with Crippen LogP contribution >= 0.6 is 27.7 Å². The first-order valence-corrected chi connectivity index (χ1v) is 6.98. The monoisotopic (exact) mass is 302 g/mol. The van der Waals surface area contributed by atoms with Crippen molar-refractivity contribution >= 4 is 33.7 Å². The number of hydrogen-bond acceptors (Lipinski definition) is 3. The molecule has 2 nitrogen and oxygen atoms in total. The molecule has 1 aromatic rings. The summed E-state index contributed by atoms with van der Waals surface area (Å²) < 4.78 is 5.76. The van der Waals surface area contributed by atoms with Crippen LogP contribution in [0.25, 0.3) is 0 Å². The van der Waals surface area contributed by atoms with Crippen molar-refractivity contribution in [3.8, 4) is 0 Å². The van der Waals surface area contributed by atoms with E-state index in [9.17, 15) is 4.79 Å². The highest BCUT2D eigenvalue weighted by molar-refractivity contribution is 9.10. The first-order chi connectivity index (χ1) is 7.63. The number of carbonyl (C=O) groups excluding carboxylic acids is 1. The van der Waals surface area contributed by atoms with Crippen LogP contribution in [0.1, 0.15) is 12.5 Å². The fourth-order valence-corrected chi connectivity index (χ4v) is 2.72. The third-order valence-electron chi connectivity index (χ3n) is 2.13. The largest absolute Gasteiger partial charge is 0.469 e. The zero-order valence-corrected chi connectivity index (χ0v) is 11.8. The third kappa shape index (κ3) is 4.58. The van der Waals surface area contributed by atoms with Gasteiger partial charge < -0.3 is 4.74 Å². The molecular weight excluding hydrogens is 288 g/mol. The predicted octanol–water partition coefficient (Wildman–Crippen LogP) is 3.49. The van der Waals surface area contributed by atoms with Crippen LogP contribution in [0.2, 0.25) is 0 Å². The SMILES string of the molecule is COC(=O)C(C)CSCc1cccc(Br)c1. The predicted molar refractivity (Wildman–Crippen MR) is 71.5 cm³/mol. The lowest BCUT2D eigenvalue weighted by molar-refractivity contribution is -0.143. The topological polar surface area (TPSA) is 26.3 Å². The molecule has 0 aromatic heterocycles. The molecule has 16 heavy (non-hydrogen) atoms. The second-order valence-electron chi connectivity index (χ2n) is 3.57. The number of rotatable bonds is 5. The van der Waals surface area contributed by atoms with E-state index >= 15 is 0 Å². The molecule has 1 rings (SSSR count). The quantitative estimate of drug-likeness (QED) is 0.779. The maximum absolute atomic E-state index is 11.2. The number of thioether (sulfide) groups is 1. The fraction of sp³-hybridized carbons (Fsp3) is 0.417. The highest BCUT2D eigenvalue weighted by Crippen LogP contribution is 2.19. The minimum absolute atomic E-state index is 0.0397. The maximum atomic E-state index is 11.2. The number of methoxy groups -OCH3 is 1. The summed E-state index contributed by atoms with van der Waals surface area (Å²) in [7, 11) is 1.43. The Balaban J connectivity index is 2.33. The number of halogens is 1. The smallest absolute Gasteiger partial charge is 0.309 e. The summed E-state index contributed by atoms with van der Waals surface area (Å²) in [6, 6.07) is 8.20. The Kier molecular flexibility index (Phi) is 5.91. The molecule has 0 aliphatic heterocycles. The highest BCUT2D eigenvalue weighted by atomic mass is 79.9.